The van der Waals surface area contributed by atoms with Crippen LogP contribution >= 0.6 is 11.3 Å². The first kappa shape index (κ1) is 27.0. The molecular weight excluding hydrogens is 558 g/mol. The van der Waals surface area contributed by atoms with Crippen LogP contribution in [-0.4, -0.2) is 51.2 Å². The van der Waals surface area contributed by atoms with Crippen molar-refractivity contribution in [2.75, 3.05) is 36.5 Å². The Morgan fingerprint density at radius 1 is 1.10 bits per heavy atom. The van der Waals surface area contributed by atoms with Crippen LogP contribution in [0.25, 0.3) is 44.0 Å². The first-order valence-electron chi connectivity index (χ1n) is 13.2. The third-order valence-corrected chi connectivity index (χ3v) is 9.63. The number of hydrogen-bond donors (Lipinski definition) is 2. The highest BCUT2D eigenvalue weighted by molar-refractivity contribution is 7.92. The molecule has 0 bridgehead atoms. The minimum atomic E-state index is -3.63. The van der Waals surface area contributed by atoms with Crippen LogP contribution in [0.3, 0.4) is 0 Å². The molecule has 1 aliphatic heterocycles. The number of carbonyl (C=O) groups is 1. The molecule has 0 unspecified atom stereocenters. The number of aryl methyl sites for hydroxylation is 2. The van der Waals surface area contributed by atoms with Gasteiger partial charge in [-0.25, -0.2) is 13.4 Å². The maximum atomic E-state index is 13.2. The Morgan fingerprint density at radius 2 is 1.85 bits per heavy atom. The molecule has 0 saturated carbocycles. The maximum Gasteiger partial charge on any atom is 0.255 e. The lowest BCUT2D eigenvalue weighted by Gasteiger charge is -2.20. The number of carbonyl (C=O) groups excluding carboxylic acids is 1. The Morgan fingerprint density at radius 3 is 2.56 bits per heavy atom. The molecule has 2 aromatic carbocycles. The number of thiazole rings is 1. The Labute approximate surface area is 242 Å². The van der Waals surface area contributed by atoms with Crippen molar-refractivity contribution in [1.82, 2.24) is 15.3 Å². The Balaban J connectivity index is 1.58. The summed E-state index contributed by atoms with van der Waals surface area (Å²) in [6.07, 6.45) is 6.65. The molecule has 1 amide bonds. The minimum absolute atomic E-state index is 0.303. The molecule has 41 heavy (non-hydrogen) atoms. The lowest BCUT2D eigenvalue weighted by atomic mass is 9.98. The van der Waals surface area contributed by atoms with Crippen molar-refractivity contribution < 1.29 is 17.6 Å². The van der Waals surface area contributed by atoms with Gasteiger partial charge in [-0.05, 0) is 31.9 Å². The largest absolute Gasteiger partial charge is 0.455 e. The number of nitrogens with one attached hydrogen (secondary N) is 2. The molecule has 4 heterocycles. The molecule has 0 radical (unpaired) electrons. The van der Waals surface area contributed by atoms with Crippen LogP contribution in [0, 0.1) is 6.92 Å². The Hall–Kier alpha value is -4.22. The molecule has 0 fully saturated rings. The number of sulfonamides is 1. The number of rotatable bonds is 6. The van der Waals surface area contributed by atoms with E-state index in [9.17, 15) is 13.2 Å². The van der Waals surface area contributed by atoms with E-state index < -0.39 is 10.0 Å². The molecule has 1 aliphatic rings. The number of aromatic nitrogens is 2. The average molecular weight is 588 g/mol. The van der Waals surface area contributed by atoms with Crippen molar-refractivity contribution in [3.05, 3.63) is 70.9 Å². The van der Waals surface area contributed by atoms with Crippen LogP contribution in [0.1, 0.15) is 27.2 Å². The second kappa shape index (κ2) is 10.3. The number of pyridine rings is 1. The molecule has 9 nitrogen and oxygen atoms in total. The fourth-order valence-corrected chi connectivity index (χ4v) is 6.57. The number of benzene rings is 2. The maximum absolute atomic E-state index is 13.2. The normalized spacial score (nSPS) is 13.1. The molecular formula is C30H29N5O4S2. The van der Waals surface area contributed by atoms with Crippen molar-refractivity contribution in [2.24, 2.45) is 0 Å². The summed E-state index contributed by atoms with van der Waals surface area (Å²) in [6, 6.07) is 13.2. The molecule has 3 aromatic heterocycles. The first-order chi connectivity index (χ1) is 19.6. The van der Waals surface area contributed by atoms with Crippen molar-refractivity contribution in [3.63, 3.8) is 0 Å². The lowest BCUT2D eigenvalue weighted by molar-refractivity contribution is 0.0964. The lowest BCUT2D eigenvalue weighted by Crippen LogP contribution is -2.25. The molecule has 0 aliphatic carbocycles. The van der Waals surface area contributed by atoms with Gasteiger partial charge in [-0.15, -0.1) is 11.3 Å². The van der Waals surface area contributed by atoms with Crippen molar-refractivity contribution in [2.45, 2.75) is 19.8 Å². The number of nitrogens with zero attached hydrogens (tertiary/aromatic N) is 3. The topological polar surface area (TPSA) is 117 Å². The van der Waals surface area contributed by atoms with E-state index >= 15 is 0 Å². The summed E-state index contributed by atoms with van der Waals surface area (Å²) in [5.74, 6) is 1.03. The van der Waals surface area contributed by atoms with Crippen LogP contribution in [-0.2, 0) is 16.4 Å². The molecule has 5 aromatic rings. The van der Waals surface area contributed by atoms with Gasteiger partial charge in [-0.2, -0.15) is 0 Å². The third kappa shape index (κ3) is 4.95. The molecule has 11 heteroatoms. The minimum Gasteiger partial charge on any atom is -0.455 e. The predicted octanol–water partition coefficient (Wildman–Crippen LogP) is 5.71. The number of fused-ring (bicyclic) bond motifs is 2. The van der Waals surface area contributed by atoms with Crippen LogP contribution < -0.4 is 14.9 Å². The van der Waals surface area contributed by atoms with Gasteiger partial charge in [0.1, 0.15) is 22.2 Å². The fraction of sp³-hybridized carbons (Fsp3) is 0.233. The van der Waals surface area contributed by atoms with Crippen LogP contribution in [0.5, 0.6) is 0 Å². The first-order valence-corrected chi connectivity index (χ1v) is 15.8. The van der Waals surface area contributed by atoms with Gasteiger partial charge in [-0.1, -0.05) is 29.8 Å². The SMILES string of the molecule is CNC(=O)c1c(-c2ccc(C)cc2)oc2cc(N(C)S(C)(=O)=O)c(-c3cncc(-c4nc5c(s4)CCCN5)c3)cc12. The number of hydrogen-bond acceptors (Lipinski definition) is 8. The van der Waals surface area contributed by atoms with Gasteiger partial charge >= 0.3 is 0 Å². The predicted molar refractivity (Wildman–Crippen MR) is 164 cm³/mol. The fourth-order valence-electron chi connectivity index (χ4n) is 5.00. The quantitative estimate of drug-likeness (QED) is 0.261. The number of anilines is 2. The van der Waals surface area contributed by atoms with Gasteiger partial charge < -0.3 is 15.1 Å². The summed E-state index contributed by atoms with van der Waals surface area (Å²) >= 11 is 1.63. The van der Waals surface area contributed by atoms with Gasteiger partial charge in [0.2, 0.25) is 10.0 Å². The van der Waals surface area contributed by atoms with Gasteiger partial charge in [0.05, 0.1) is 17.5 Å². The van der Waals surface area contributed by atoms with Crippen LogP contribution in [0.2, 0.25) is 0 Å². The highest BCUT2D eigenvalue weighted by Gasteiger charge is 2.26. The molecule has 6 rings (SSSR count). The van der Waals surface area contributed by atoms with E-state index in [-0.39, 0.29) is 5.91 Å². The van der Waals surface area contributed by atoms with Crippen LogP contribution in [0.15, 0.2) is 59.3 Å². The number of furan rings is 1. The van der Waals surface area contributed by atoms with Crippen molar-refractivity contribution in [3.8, 4) is 33.0 Å². The zero-order valence-electron chi connectivity index (χ0n) is 23.1. The average Bonchev–Trinajstić information content (AvgIpc) is 3.57. The van der Waals surface area contributed by atoms with Crippen molar-refractivity contribution >= 4 is 49.7 Å². The van der Waals surface area contributed by atoms with Gasteiger partial charge in [0.25, 0.3) is 5.91 Å². The summed E-state index contributed by atoms with van der Waals surface area (Å²) < 4.78 is 32.9. The smallest absolute Gasteiger partial charge is 0.255 e. The second-order valence-electron chi connectivity index (χ2n) is 10.1. The standard InChI is InChI=1S/C30H29N5O4S2/c1-17-7-9-18(10-8-17)27-26(29(36)31-2)22-13-21(23(14-24(22)39-27)35(3)41(4,37)38)19-12-20(16-32-15-19)30-34-28-25(40-30)6-5-11-33-28/h7-10,12-16,33H,5-6,11H2,1-4H3,(H,31,36). The summed E-state index contributed by atoms with van der Waals surface area (Å²) in [4.78, 5) is 23.7. The molecule has 0 saturated heterocycles. The summed E-state index contributed by atoms with van der Waals surface area (Å²) in [6.45, 7) is 2.89. The molecule has 0 atom stereocenters. The second-order valence-corrected chi connectivity index (χ2v) is 13.2. The zero-order valence-corrected chi connectivity index (χ0v) is 24.7. The molecule has 0 spiro atoms. The van der Waals surface area contributed by atoms with Gasteiger partial charge in [0.15, 0.2) is 0 Å². The van der Waals surface area contributed by atoms with E-state index in [1.54, 1.807) is 36.8 Å². The monoisotopic (exact) mass is 587 g/mol. The van der Waals surface area contributed by atoms with E-state index in [4.69, 9.17) is 9.40 Å². The Bertz CT molecular complexity index is 1890. The van der Waals surface area contributed by atoms with E-state index in [2.05, 4.69) is 15.6 Å². The zero-order chi connectivity index (χ0) is 28.9. The van der Waals surface area contributed by atoms with Crippen LogP contribution in [0.4, 0.5) is 11.5 Å². The number of amides is 1. The summed E-state index contributed by atoms with van der Waals surface area (Å²) in [5, 5.41) is 7.50. The highest BCUT2D eigenvalue weighted by atomic mass is 32.2. The van der Waals surface area contributed by atoms with Gasteiger partial charge in [-0.3, -0.25) is 14.1 Å². The van der Waals surface area contributed by atoms with Crippen molar-refractivity contribution in [1.29, 1.82) is 0 Å². The van der Waals surface area contributed by atoms with E-state index in [1.807, 2.05) is 43.3 Å². The molecule has 210 valence electrons. The van der Waals surface area contributed by atoms with E-state index in [0.717, 1.165) is 53.2 Å². The molecule has 2 N–H and O–H groups in total. The third-order valence-electron chi connectivity index (χ3n) is 7.28. The highest BCUT2D eigenvalue weighted by Crippen LogP contribution is 2.42. The van der Waals surface area contributed by atoms with E-state index in [1.165, 1.54) is 16.2 Å². The Kier molecular flexibility index (Phi) is 6.79. The van der Waals surface area contributed by atoms with E-state index in [0.29, 0.717) is 39.1 Å². The summed E-state index contributed by atoms with van der Waals surface area (Å²) in [5.41, 5.74) is 5.13. The summed E-state index contributed by atoms with van der Waals surface area (Å²) in [7, 11) is -0.554. The van der Waals surface area contributed by atoms with Gasteiger partial charge in [0, 0.05) is 71.6 Å².